The monoisotopic (exact) mass is 420 g/mol. The molecule has 2 unspecified atom stereocenters. The third kappa shape index (κ3) is 3.26. The Hall–Kier alpha value is -3.61. The number of ether oxygens (including phenoxy) is 4. The van der Waals surface area contributed by atoms with Gasteiger partial charge in [0.15, 0.2) is 23.0 Å². The maximum atomic E-state index is 6.52. The molecule has 2 aromatic carbocycles. The molecule has 0 radical (unpaired) electrons. The van der Waals surface area contributed by atoms with Crippen LogP contribution in [0.1, 0.15) is 42.5 Å². The predicted molar refractivity (Wildman–Crippen MR) is 115 cm³/mol. The maximum absolute atomic E-state index is 6.52. The number of benzene rings is 2. The zero-order chi connectivity index (χ0) is 21.4. The Morgan fingerprint density at radius 1 is 1.03 bits per heavy atom. The van der Waals surface area contributed by atoms with Gasteiger partial charge in [-0.1, -0.05) is 12.1 Å². The number of fused-ring (bicyclic) bond motifs is 3. The van der Waals surface area contributed by atoms with Crippen molar-refractivity contribution in [3.63, 3.8) is 0 Å². The van der Waals surface area contributed by atoms with Crippen molar-refractivity contribution in [1.29, 1.82) is 0 Å². The SMILES string of the molecule is CCOc1cccc2c1OC(c1ccc(OC)c(OC)c1)N1N=C(c3ccco3)CC21. The van der Waals surface area contributed by atoms with Crippen LogP contribution in [0.2, 0.25) is 0 Å². The number of methoxy groups -OCH3 is 2. The standard InChI is InChI=1S/C24H24N2O5/c1-4-29-21-8-5-7-16-18-14-17(19-9-6-12-30-19)25-26(18)24(31-23(16)21)15-10-11-20(27-2)22(13-15)28-3/h5-13,18,24H,4,14H2,1-3H3. The Bertz CT molecular complexity index is 1110. The van der Waals surface area contributed by atoms with E-state index in [-0.39, 0.29) is 6.04 Å². The lowest BCUT2D eigenvalue weighted by atomic mass is 9.97. The van der Waals surface area contributed by atoms with E-state index < -0.39 is 6.23 Å². The van der Waals surface area contributed by atoms with E-state index in [9.17, 15) is 0 Å². The van der Waals surface area contributed by atoms with Crippen molar-refractivity contribution in [3.05, 3.63) is 71.7 Å². The van der Waals surface area contributed by atoms with Crippen LogP contribution in [0.25, 0.3) is 0 Å². The number of hydrogen-bond donors (Lipinski definition) is 0. The van der Waals surface area contributed by atoms with E-state index >= 15 is 0 Å². The van der Waals surface area contributed by atoms with Crippen molar-refractivity contribution in [2.45, 2.75) is 25.6 Å². The Kier molecular flexibility index (Phi) is 4.94. The highest BCUT2D eigenvalue weighted by atomic mass is 16.5. The molecule has 5 rings (SSSR count). The maximum Gasteiger partial charge on any atom is 0.214 e. The molecule has 7 nitrogen and oxygen atoms in total. The average Bonchev–Trinajstić information content (AvgIpc) is 3.48. The fourth-order valence-electron chi connectivity index (χ4n) is 4.17. The van der Waals surface area contributed by atoms with Gasteiger partial charge in [-0.25, -0.2) is 5.01 Å². The Morgan fingerprint density at radius 3 is 2.65 bits per heavy atom. The van der Waals surface area contributed by atoms with Gasteiger partial charge in [-0.3, -0.25) is 0 Å². The molecule has 0 saturated heterocycles. The first-order valence-electron chi connectivity index (χ1n) is 10.3. The highest BCUT2D eigenvalue weighted by molar-refractivity contribution is 5.99. The minimum atomic E-state index is -0.452. The lowest BCUT2D eigenvalue weighted by Crippen LogP contribution is -2.34. The van der Waals surface area contributed by atoms with Crippen molar-refractivity contribution in [3.8, 4) is 23.0 Å². The summed E-state index contributed by atoms with van der Waals surface area (Å²) in [7, 11) is 3.24. The molecule has 0 N–H and O–H groups in total. The minimum Gasteiger partial charge on any atom is -0.493 e. The van der Waals surface area contributed by atoms with Crippen LogP contribution in [0.4, 0.5) is 0 Å². The number of hydrogen-bond acceptors (Lipinski definition) is 7. The second-order valence-electron chi connectivity index (χ2n) is 7.32. The highest BCUT2D eigenvalue weighted by Gasteiger charge is 2.42. The molecule has 2 aliphatic heterocycles. The summed E-state index contributed by atoms with van der Waals surface area (Å²) in [5.74, 6) is 3.55. The second-order valence-corrected chi connectivity index (χ2v) is 7.32. The molecule has 31 heavy (non-hydrogen) atoms. The van der Waals surface area contributed by atoms with Crippen molar-refractivity contribution < 1.29 is 23.4 Å². The lowest BCUT2D eigenvalue weighted by Gasteiger charge is -2.38. The molecule has 0 saturated carbocycles. The molecule has 0 amide bonds. The fraction of sp³-hybridized carbons (Fsp3) is 0.292. The van der Waals surface area contributed by atoms with Gasteiger partial charge in [-0.15, -0.1) is 0 Å². The van der Waals surface area contributed by atoms with Gasteiger partial charge in [0.1, 0.15) is 11.5 Å². The van der Waals surface area contributed by atoms with E-state index in [0.717, 1.165) is 34.1 Å². The van der Waals surface area contributed by atoms with Crippen LogP contribution in [0.5, 0.6) is 23.0 Å². The van der Waals surface area contributed by atoms with Gasteiger partial charge in [0.05, 0.1) is 33.1 Å². The van der Waals surface area contributed by atoms with E-state index in [4.69, 9.17) is 28.5 Å². The van der Waals surface area contributed by atoms with Crippen molar-refractivity contribution in [1.82, 2.24) is 5.01 Å². The number of rotatable bonds is 6. The lowest BCUT2D eigenvalue weighted by molar-refractivity contribution is -0.0213. The summed E-state index contributed by atoms with van der Waals surface area (Å²) >= 11 is 0. The van der Waals surface area contributed by atoms with Crippen LogP contribution >= 0.6 is 0 Å². The summed E-state index contributed by atoms with van der Waals surface area (Å²) in [4.78, 5) is 0. The van der Waals surface area contributed by atoms with Crippen molar-refractivity contribution in [2.24, 2.45) is 5.10 Å². The van der Waals surface area contributed by atoms with Gasteiger partial charge in [-0.05, 0) is 43.3 Å². The first-order valence-corrected chi connectivity index (χ1v) is 10.3. The Balaban J connectivity index is 1.62. The number of furan rings is 1. The number of para-hydroxylation sites is 1. The van der Waals surface area contributed by atoms with Gasteiger partial charge >= 0.3 is 0 Å². The van der Waals surface area contributed by atoms with Crippen LogP contribution in [0.3, 0.4) is 0 Å². The zero-order valence-electron chi connectivity index (χ0n) is 17.7. The molecule has 3 aromatic rings. The molecule has 0 spiro atoms. The number of hydrazone groups is 1. The van der Waals surface area contributed by atoms with E-state index in [2.05, 4.69) is 6.07 Å². The van der Waals surface area contributed by atoms with Crippen LogP contribution in [0.15, 0.2) is 64.3 Å². The average molecular weight is 420 g/mol. The van der Waals surface area contributed by atoms with Gasteiger partial charge in [0.2, 0.25) is 6.23 Å². The third-order valence-electron chi connectivity index (χ3n) is 5.58. The molecule has 0 fully saturated rings. The summed E-state index contributed by atoms with van der Waals surface area (Å²) in [5.41, 5.74) is 2.84. The fourth-order valence-corrected chi connectivity index (χ4v) is 4.17. The van der Waals surface area contributed by atoms with E-state index in [1.54, 1.807) is 20.5 Å². The molecule has 2 aliphatic rings. The van der Waals surface area contributed by atoms with E-state index in [1.165, 1.54) is 0 Å². The zero-order valence-corrected chi connectivity index (χ0v) is 17.7. The summed E-state index contributed by atoms with van der Waals surface area (Å²) in [6, 6.07) is 15.6. The van der Waals surface area contributed by atoms with Crippen molar-refractivity contribution >= 4 is 5.71 Å². The summed E-state index contributed by atoms with van der Waals surface area (Å²) < 4.78 is 28.9. The molecule has 1 aromatic heterocycles. The second kappa shape index (κ2) is 7.91. The summed E-state index contributed by atoms with van der Waals surface area (Å²) in [5, 5.41) is 6.90. The first-order chi connectivity index (χ1) is 15.2. The summed E-state index contributed by atoms with van der Waals surface area (Å²) in [6.07, 6.45) is 1.92. The highest BCUT2D eigenvalue weighted by Crippen LogP contribution is 2.51. The topological polar surface area (TPSA) is 65.7 Å². The van der Waals surface area contributed by atoms with Crippen LogP contribution in [-0.2, 0) is 0 Å². The Morgan fingerprint density at radius 2 is 1.90 bits per heavy atom. The molecular weight excluding hydrogens is 396 g/mol. The first kappa shape index (κ1) is 19.4. The van der Waals surface area contributed by atoms with Crippen LogP contribution in [-0.4, -0.2) is 31.5 Å². The van der Waals surface area contributed by atoms with Crippen LogP contribution < -0.4 is 18.9 Å². The van der Waals surface area contributed by atoms with E-state index in [1.807, 2.05) is 54.4 Å². The van der Waals surface area contributed by atoms with E-state index in [0.29, 0.717) is 24.5 Å². The normalized spacial score (nSPS) is 19.2. The summed E-state index contributed by atoms with van der Waals surface area (Å²) in [6.45, 7) is 2.53. The molecule has 0 bridgehead atoms. The molecule has 7 heteroatoms. The number of nitrogens with zero attached hydrogens (tertiary/aromatic N) is 2. The molecule has 2 atom stereocenters. The molecule has 160 valence electrons. The molecular formula is C24H24N2O5. The van der Waals surface area contributed by atoms with Gasteiger partial charge in [0.25, 0.3) is 0 Å². The van der Waals surface area contributed by atoms with Crippen LogP contribution in [0, 0.1) is 0 Å². The smallest absolute Gasteiger partial charge is 0.214 e. The van der Waals surface area contributed by atoms with Gasteiger partial charge < -0.3 is 23.4 Å². The Labute approximate surface area is 180 Å². The molecule has 0 aliphatic carbocycles. The minimum absolute atomic E-state index is 0.00218. The molecule has 3 heterocycles. The quantitative estimate of drug-likeness (QED) is 0.563. The van der Waals surface area contributed by atoms with Gasteiger partial charge in [-0.2, -0.15) is 5.10 Å². The third-order valence-corrected chi connectivity index (χ3v) is 5.58. The largest absolute Gasteiger partial charge is 0.493 e. The van der Waals surface area contributed by atoms with Gasteiger partial charge in [0, 0.05) is 17.5 Å². The predicted octanol–water partition coefficient (Wildman–Crippen LogP) is 4.94. The van der Waals surface area contributed by atoms with Crippen molar-refractivity contribution in [2.75, 3.05) is 20.8 Å².